The number of rotatable bonds is 3. The summed E-state index contributed by atoms with van der Waals surface area (Å²) in [6.45, 7) is 4.90. The average molecular weight is 319 g/mol. The molecule has 0 radical (unpaired) electrons. The van der Waals surface area contributed by atoms with Crippen LogP contribution in [-0.2, 0) is 10.1 Å². The predicted molar refractivity (Wildman–Crippen MR) is 76.3 cm³/mol. The van der Waals surface area contributed by atoms with Crippen LogP contribution in [0.5, 0.6) is 0 Å². The van der Waals surface area contributed by atoms with Gasteiger partial charge in [-0.2, -0.15) is 0 Å². The lowest BCUT2D eigenvalue weighted by atomic mass is 10.1. The molecule has 1 aromatic rings. The van der Waals surface area contributed by atoms with Gasteiger partial charge in [-0.05, 0) is 30.2 Å². The highest BCUT2D eigenvalue weighted by Crippen LogP contribution is 2.28. The lowest BCUT2D eigenvalue weighted by molar-refractivity contribution is 0.0384. The van der Waals surface area contributed by atoms with Crippen molar-refractivity contribution < 1.29 is 4.74 Å². The minimum Gasteiger partial charge on any atom is -0.375 e. The van der Waals surface area contributed by atoms with Gasteiger partial charge >= 0.3 is 0 Å². The van der Waals surface area contributed by atoms with E-state index in [1.807, 2.05) is 12.1 Å². The largest absolute Gasteiger partial charge is 0.375 e. The molecule has 1 fully saturated rings. The second-order valence-electron chi connectivity index (χ2n) is 4.25. The summed E-state index contributed by atoms with van der Waals surface area (Å²) in [4.78, 5) is 2.39. The molecule has 1 unspecified atom stereocenters. The maximum Gasteiger partial charge on any atom is 0.0748 e. The number of hydrogen-bond donors (Lipinski definition) is 0. The van der Waals surface area contributed by atoms with E-state index in [9.17, 15) is 0 Å². The van der Waals surface area contributed by atoms with Crippen LogP contribution in [-0.4, -0.2) is 25.8 Å². The fourth-order valence-electron chi connectivity index (χ4n) is 2.15. The summed E-state index contributed by atoms with van der Waals surface area (Å²) in [5.74, 6) is 0. The Bertz CT molecular complexity index is 386. The van der Waals surface area contributed by atoms with Gasteiger partial charge in [0.05, 0.1) is 12.7 Å². The topological polar surface area (TPSA) is 12.5 Å². The van der Waals surface area contributed by atoms with Crippen molar-refractivity contribution in [3.63, 3.8) is 0 Å². The third kappa shape index (κ3) is 3.15. The molecular weight excluding hydrogens is 302 g/mol. The number of anilines is 1. The van der Waals surface area contributed by atoms with Crippen LogP contribution < -0.4 is 4.90 Å². The summed E-state index contributed by atoms with van der Waals surface area (Å²) in [6, 6.07) is 6.10. The molecule has 1 aliphatic rings. The first-order chi connectivity index (χ1) is 8.24. The number of ether oxygens (including phenoxy) is 1. The lowest BCUT2D eigenvalue weighted by Gasteiger charge is -2.35. The number of halogens is 2. The normalized spacial score (nSPS) is 20.6. The SMILES string of the molecule is CCC1CN(c2ccc(Cl)cc2CBr)CCO1. The lowest BCUT2D eigenvalue weighted by Crippen LogP contribution is -2.42. The monoisotopic (exact) mass is 317 g/mol. The van der Waals surface area contributed by atoms with Crippen LogP contribution in [0.2, 0.25) is 5.02 Å². The van der Waals surface area contributed by atoms with E-state index in [-0.39, 0.29) is 0 Å². The van der Waals surface area contributed by atoms with Gasteiger partial charge in [-0.25, -0.2) is 0 Å². The van der Waals surface area contributed by atoms with E-state index in [0.29, 0.717) is 6.10 Å². The molecule has 1 aromatic carbocycles. The quantitative estimate of drug-likeness (QED) is 0.785. The summed E-state index contributed by atoms with van der Waals surface area (Å²) in [7, 11) is 0. The first-order valence-corrected chi connectivity index (χ1v) is 7.45. The molecule has 0 aliphatic carbocycles. The second kappa shape index (κ2) is 6.07. The fraction of sp³-hybridized carbons (Fsp3) is 0.538. The zero-order valence-corrected chi connectivity index (χ0v) is 12.3. The summed E-state index contributed by atoms with van der Waals surface area (Å²) < 4.78 is 5.70. The number of morpholine rings is 1. The van der Waals surface area contributed by atoms with E-state index in [2.05, 4.69) is 33.8 Å². The molecule has 1 saturated heterocycles. The predicted octanol–water partition coefficient (Wildman–Crippen LogP) is 3.85. The third-order valence-corrected chi connectivity index (χ3v) is 3.96. The summed E-state index contributed by atoms with van der Waals surface area (Å²) in [5.41, 5.74) is 2.52. The van der Waals surface area contributed by atoms with Crippen molar-refractivity contribution in [2.45, 2.75) is 24.8 Å². The summed E-state index contributed by atoms with van der Waals surface area (Å²) in [6.07, 6.45) is 1.41. The molecule has 17 heavy (non-hydrogen) atoms. The highest BCUT2D eigenvalue weighted by molar-refractivity contribution is 9.08. The molecule has 2 nitrogen and oxygen atoms in total. The third-order valence-electron chi connectivity index (χ3n) is 3.12. The van der Waals surface area contributed by atoms with Gasteiger partial charge < -0.3 is 9.64 Å². The van der Waals surface area contributed by atoms with E-state index >= 15 is 0 Å². The van der Waals surface area contributed by atoms with Gasteiger partial charge in [-0.1, -0.05) is 34.5 Å². The summed E-state index contributed by atoms with van der Waals surface area (Å²) in [5, 5.41) is 1.63. The Morgan fingerprint density at radius 3 is 3.06 bits per heavy atom. The van der Waals surface area contributed by atoms with Crippen LogP contribution in [0.3, 0.4) is 0 Å². The minimum atomic E-state index is 0.350. The van der Waals surface area contributed by atoms with Gasteiger partial charge in [0, 0.05) is 29.1 Å². The van der Waals surface area contributed by atoms with Gasteiger partial charge in [0.1, 0.15) is 0 Å². The smallest absolute Gasteiger partial charge is 0.0748 e. The van der Waals surface area contributed by atoms with Gasteiger partial charge in [0.2, 0.25) is 0 Å². The second-order valence-corrected chi connectivity index (χ2v) is 5.25. The molecule has 0 amide bonds. The Morgan fingerprint density at radius 1 is 1.53 bits per heavy atom. The molecule has 1 aliphatic heterocycles. The number of hydrogen-bond acceptors (Lipinski definition) is 2. The van der Waals surface area contributed by atoms with Crippen LogP contribution in [0.25, 0.3) is 0 Å². The molecule has 0 bridgehead atoms. The first kappa shape index (κ1) is 13.2. The van der Waals surface area contributed by atoms with E-state index in [4.69, 9.17) is 16.3 Å². The van der Waals surface area contributed by atoms with Crippen LogP contribution >= 0.6 is 27.5 Å². The average Bonchev–Trinajstić information content (AvgIpc) is 2.38. The Balaban J connectivity index is 2.20. The van der Waals surface area contributed by atoms with Crippen molar-refractivity contribution in [2.75, 3.05) is 24.6 Å². The zero-order chi connectivity index (χ0) is 12.3. The molecule has 0 spiro atoms. The maximum absolute atomic E-state index is 6.03. The Kier molecular flexibility index (Phi) is 4.71. The molecule has 0 N–H and O–H groups in total. The van der Waals surface area contributed by atoms with Crippen LogP contribution in [0.4, 0.5) is 5.69 Å². The molecule has 4 heteroatoms. The number of nitrogens with zero attached hydrogens (tertiary/aromatic N) is 1. The van der Waals surface area contributed by atoms with Crippen molar-refractivity contribution in [2.24, 2.45) is 0 Å². The van der Waals surface area contributed by atoms with Crippen LogP contribution in [0.1, 0.15) is 18.9 Å². The van der Waals surface area contributed by atoms with Gasteiger partial charge in [-0.3, -0.25) is 0 Å². The van der Waals surface area contributed by atoms with Crippen molar-refractivity contribution in [1.29, 1.82) is 0 Å². The van der Waals surface area contributed by atoms with Gasteiger partial charge in [-0.15, -0.1) is 0 Å². The van der Waals surface area contributed by atoms with Crippen molar-refractivity contribution in [1.82, 2.24) is 0 Å². The number of benzene rings is 1. The maximum atomic E-state index is 6.03. The highest BCUT2D eigenvalue weighted by atomic mass is 79.9. The number of alkyl halides is 1. The summed E-state index contributed by atoms with van der Waals surface area (Å²) >= 11 is 9.55. The van der Waals surface area contributed by atoms with Crippen molar-refractivity contribution in [3.05, 3.63) is 28.8 Å². The van der Waals surface area contributed by atoms with Gasteiger partial charge in [0.15, 0.2) is 0 Å². The minimum absolute atomic E-state index is 0.350. The van der Waals surface area contributed by atoms with Crippen LogP contribution in [0.15, 0.2) is 18.2 Å². The van der Waals surface area contributed by atoms with E-state index in [1.54, 1.807) is 0 Å². The van der Waals surface area contributed by atoms with Crippen LogP contribution in [0, 0.1) is 0 Å². The van der Waals surface area contributed by atoms with Gasteiger partial charge in [0.25, 0.3) is 0 Å². The molecule has 0 saturated carbocycles. The Labute approximate surface area is 116 Å². The zero-order valence-electron chi connectivity index (χ0n) is 9.96. The standard InChI is InChI=1S/C13H17BrClNO/c1-2-12-9-16(5-6-17-12)13-4-3-11(15)7-10(13)8-14/h3-4,7,12H,2,5-6,8-9H2,1H3. The Hall–Kier alpha value is -0.250. The van der Waals surface area contributed by atoms with E-state index in [0.717, 1.165) is 36.5 Å². The van der Waals surface area contributed by atoms with E-state index < -0.39 is 0 Å². The fourth-order valence-corrected chi connectivity index (χ4v) is 2.80. The molecule has 1 atom stereocenters. The molecule has 1 heterocycles. The molecule has 2 rings (SSSR count). The Morgan fingerprint density at radius 2 is 2.35 bits per heavy atom. The highest BCUT2D eigenvalue weighted by Gasteiger charge is 2.20. The molecular formula is C13H17BrClNO. The van der Waals surface area contributed by atoms with Crippen molar-refractivity contribution in [3.8, 4) is 0 Å². The van der Waals surface area contributed by atoms with E-state index in [1.165, 1.54) is 11.3 Å². The first-order valence-electron chi connectivity index (χ1n) is 5.95. The molecule has 0 aromatic heterocycles. The molecule has 94 valence electrons. The van der Waals surface area contributed by atoms with Crippen molar-refractivity contribution >= 4 is 33.2 Å².